The summed E-state index contributed by atoms with van der Waals surface area (Å²) in [6, 6.07) is 11.8. The molecule has 3 aromatic rings. The zero-order valence-electron chi connectivity index (χ0n) is 49.8. The number of ether oxygens (including phenoxy) is 3. The van der Waals surface area contributed by atoms with Crippen LogP contribution in [0.2, 0.25) is 0 Å². The number of alkyl halides is 12. The van der Waals surface area contributed by atoms with Crippen molar-refractivity contribution >= 4 is 18.3 Å². The van der Waals surface area contributed by atoms with Crippen molar-refractivity contribution in [2.24, 2.45) is 14.1 Å². The van der Waals surface area contributed by atoms with Gasteiger partial charge < -0.3 is 28.9 Å². The van der Waals surface area contributed by atoms with Crippen molar-refractivity contribution in [1.29, 1.82) is 0 Å². The van der Waals surface area contributed by atoms with Gasteiger partial charge in [-0.3, -0.25) is 24.1 Å². The van der Waals surface area contributed by atoms with Crippen LogP contribution in [0, 0.1) is 13.8 Å². The number of piperazine rings is 3. The van der Waals surface area contributed by atoms with Crippen LogP contribution >= 0.6 is 0 Å². The smallest absolute Gasteiger partial charge is 0.434 e. The summed E-state index contributed by atoms with van der Waals surface area (Å²) in [6.45, 7) is 31.8. The van der Waals surface area contributed by atoms with Crippen LogP contribution in [0.5, 0.6) is 0 Å². The third-order valence-corrected chi connectivity index (χ3v) is 11.4. The van der Waals surface area contributed by atoms with E-state index in [0.717, 1.165) is 47.9 Å². The Kier molecular flexibility index (Phi) is 36.7. The molecule has 81 heavy (non-hydrogen) atoms. The number of hydrogen-bond acceptors (Lipinski definition) is 11. The van der Waals surface area contributed by atoms with Gasteiger partial charge in [0.25, 0.3) is 6.10 Å². The fraction of sp³-hybridized carbons (Fsp3) is 0.717. The summed E-state index contributed by atoms with van der Waals surface area (Å²) in [6.07, 6.45) is -30.3. The lowest BCUT2D eigenvalue weighted by Gasteiger charge is -2.35. The molecule has 3 aliphatic rings. The van der Waals surface area contributed by atoms with Gasteiger partial charge in [-0.15, -0.1) is 0 Å². The molecule has 3 saturated heterocycles. The van der Waals surface area contributed by atoms with Gasteiger partial charge in [-0.1, -0.05) is 99.6 Å². The van der Waals surface area contributed by atoms with E-state index in [9.17, 15) is 67.1 Å². The Morgan fingerprint density at radius 2 is 0.840 bits per heavy atom. The standard InChI is InChI=1S/C15H19F3N2O2.C14H18F6N4O2.C14H21F3N4O2.5C2H6/c1-12(15(16,17)18)22-14(21)20-9-7-19(8-10-20)11-13-5-3-2-4-6-13;1-9-7-10(22(2)21-9)8-23-3-5-24(6-4-23)12(25)26-11(13(15,16)17)14(18,19)20;1-10-12(8-19(3)18-10)9-20-4-6-21(7-5-20)13(22)23-11(2)14(15,16)17;5*1-2/h2-6,12H,7-11H2,1H3;7,11H,3-6,8H2,1-2H3;8,11H,4-7,9H2,1-3H3;5*1-2H3. The fourth-order valence-corrected chi connectivity index (χ4v) is 7.27. The minimum absolute atomic E-state index is 0.0297. The van der Waals surface area contributed by atoms with E-state index in [2.05, 4.69) is 34.2 Å². The van der Waals surface area contributed by atoms with E-state index < -0.39 is 61.3 Å². The van der Waals surface area contributed by atoms with Crippen LogP contribution in [-0.4, -0.2) is 189 Å². The van der Waals surface area contributed by atoms with Crippen molar-refractivity contribution in [3.8, 4) is 0 Å². The molecule has 16 nitrogen and oxygen atoms in total. The number of benzene rings is 1. The lowest BCUT2D eigenvalue weighted by atomic mass is 10.2. The highest BCUT2D eigenvalue weighted by atomic mass is 19.4. The molecule has 0 bridgehead atoms. The second kappa shape index (κ2) is 38.3. The number of amides is 3. The van der Waals surface area contributed by atoms with Crippen molar-refractivity contribution < 1.29 is 81.3 Å². The first-order chi connectivity index (χ1) is 37.9. The van der Waals surface area contributed by atoms with E-state index in [1.54, 1.807) is 16.4 Å². The predicted molar refractivity (Wildman–Crippen MR) is 286 cm³/mol. The lowest BCUT2D eigenvalue weighted by molar-refractivity contribution is -0.308. The Balaban J connectivity index is 0. The van der Waals surface area contributed by atoms with Crippen LogP contribution in [0.3, 0.4) is 0 Å². The van der Waals surface area contributed by atoms with Crippen molar-refractivity contribution in [1.82, 2.24) is 49.0 Å². The Morgan fingerprint density at radius 3 is 1.15 bits per heavy atom. The van der Waals surface area contributed by atoms with Gasteiger partial charge in [-0.05, 0) is 39.3 Å². The maximum Gasteiger partial charge on any atom is 0.434 e. The molecule has 0 spiro atoms. The third kappa shape index (κ3) is 28.8. The van der Waals surface area contributed by atoms with Crippen LogP contribution in [0.15, 0.2) is 42.6 Å². The molecule has 6 rings (SSSR count). The quantitative estimate of drug-likeness (QED) is 0.150. The Bertz CT molecular complexity index is 2140. The van der Waals surface area contributed by atoms with E-state index >= 15 is 0 Å². The number of halogens is 12. The molecule has 3 amide bonds. The summed E-state index contributed by atoms with van der Waals surface area (Å²) < 4.78 is 165. The van der Waals surface area contributed by atoms with Gasteiger partial charge in [-0.25, -0.2) is 14.4 Å². The fourth-order valence-electron chi connectivity index (χ4n) is 7.27. The Labute approximate surface area is 470 Å². The van der Waals surface area contributed by atoms with Gasteiger partial charge in [0.15, 0.2) is 12.2 Å². The van der Waals surface area contributed by atoms with Crippen molar-refractivity contribution in [2.75, 3.05) is 78.5 Å². The number of rotatable bonds is 9. The zero-order chi connectivity index (χ0) is 63.1. The molecule has 3 aliphatic heterocycles. The maximum absolute atomic E-state index is 12.5. The minimum atomic E-state index is -5.72. The maximum atomic E-state index is 12.5. The molecule has 0 radical (unpaired) electrons. The minimum Gasteiger partial charge on any atom is -0.437 e. The second-order valence-corrected chi connectivity index (χ2v) is 17.1. The predicted octanol–water partition coefficient (Wildman–Crippen LogP) is 12.4. The summed E-state index contributed by atoms with van der Waals surface area (Å²) in [5.41, 5.74) is 4.97. The zero-order valence-corrected chi connectivity index (χ0v) is 49.8. The Morgan fingerprint density at radius 1 is 0.494 bits per heavy atom. The summed E-state index contributed by atoms with van der Waals surface area (Å²) in [5.74, 6) is 0. The molecular weight excluding hydrogens is 1100 g/mol. The van der Waals surface area contributed by atoms with Gasteiger partial charge in [0.2, 0.25) is 0 Å². The molecule has 3 fully saturated rings. The highest BCUT2D eigenvalue weighted by Gasteiger charge is 2.60. The average Bonchev–Trinajstić information content (AvgIpc) is 3.93. The first kappa shape index (κ1) is 77.6. The number of nitrogens with zero attached hydrogens (tertiary/aromatic N) is 10. The number of carbonyl (C=O) groups excluding carboxylic acids is 3. The molecular formula is C53H88F12N10O6. The molecule has 0 aliphatic carbocycles. The third-order valence-electron chi connectivity index (χ3n) is 11.4. The van der Waals surface area contributed by atoms with Crippen LogP contribution in [0.4, 0.5) is 67.1 Å². The molecule has 0 saturated carbocycles. The summed E-state index contributed by atoms with van der Waals surface area (Å²) in [5, 5.41) is 8.47. The number of carbonyl (C=O) groups is 3. The number of aromatic nitrogens is 4. The molecule has 5 heterocycles. The molecule has 2 atom stereocenters. The van der Waals surface area contributed by atoms with Crippen LogP contribution < -0.4 is 0 Å². The van der Waals surface area contributed by atoms with Gasteiger partial charge in [0.05, 0.1) is 17.1 Å². The molecule has 0 N–H and O–H groups in total. The van der Waals surface area contributed by atoms with Gasteiger partial charge in [-0.2, -0.15) is 62.9 Å². The molecule has 2 unspecified atom stereocenters. The number of hydrogen-bond donors (Lipinski definition) is 0. The van der Waals surface area contributed by atoms with Gasteiger partial charge >= 0.3 is 43.0 Å². The van der Waals surface area contributed by atoms with Gasteiger partial charge in [0.1, 0.15) is 0 Å². The molecule has 1 aromatic carbocycles. The second-order valence-electron chi connectivity index (χ2n) is 17.1. The highest BCUT2D eigenvalue weighted by Crippen LogP contribution is 2.36. The van der Waals surface area contributed by atoms with E-state index in [4.69, 9.17) is 0 Å². The molecule has 2 aromatic heterocycles. The van der Waals surface area contributed by atoms with Crippen LogP contribution in [0.25, 0.3) is 0 Å². The first-order valence-electron chi connectivity index (χ1n) is 27.2. The largest absolute Gasteiger partial charge is 0.437 e. The topological polar surface area (TPSA) is 134 Å². The first-order valence-corrected chi connectivity index (χ1v) is 27.2. The number of aryl methyl sites for hydroxylation is 4. The summed E-state index contributed by atoms with van der Waals surface area (Å²) in [4.78, 5) is 44.9. The summed E-state index contributed by atoms with van der Waals surface area (Å²) in [7, 11) is 3.62. The van der Waals surface area contributed by atoms with Crippen LogP contribution in [-0.2, 0) is 47.9 Å². The monoisotopic (exact) mass is 1190 g/mol. The highest BCUT2D eigenvalue weighted by molar-refractivity contribution is 5.69. The van der Waals surface area contributed by atoms with Crippen molar-refractivity contribution in [2.45, 2.75) is 160 Å². The van der Waals surface area contributed by atoms with E-state index in [1.165, 1.54) is 15.4 Å². The van der Waals surface area contributed by atoms with Crippen LogP contribution in [0.1, 0.15) is 111 Å². The molecule has 470 valence electrons. The Hall–Kier alpha value is -5.51. The normalized spacial score (nSPS) is 15.9. The van der Waals surface area contributed by atoms with Crippen molar-refractivity contribution in [3.05, 3.63) is 70.8 Å². The van der Waals surface area contributed by atoms with Crippen molar-refractivity contribution in [3.63, 3.8) is 0 Å². The van der Waals surface area contributed by atoms with E-state index in [-0.39, 0.29) is 13.1 Å². The summed E-state index contributed by atoms with van der Waals surface area (Å²) >= 11 is 0. The van der Waals surface area contributed by atoms with Gasteiger partial charge in [0, 0.05) is 124 Å². The average molecular weight is 1190 g/mol. The van der Waals surface area contributed by atoms with E-state index in [0.29, 0.717) is 78.5 Å². The SMILES string of the molecule is CC.CC.CC.CC.CC.CC(OC(=O)N1CCN(Cc2ccccc2)CC1)C(F)(F)F.Cc1cc(CN2CCN(C(=O)OC(C(F)(F)F)C(F)(F)F)CC2)n(C)n1.Cc1nn(C)cc1CN1CCN(C(=O)OC(C)C(F)(F)F)CC1. The van der Waals surface area contributed by atoms with E-state index in [1.807, 2.05) is 138 Å². The lowest BCUT2D eigenvalue weighted by Crippen LogP contribution is -2.52. The molecule has 28 heteroatoms.